The predicted molar refractivity (Wildman–Crippen MR) is 107 cm³/mol. The summed E-state index contributed by atoms with van der Waals surface area (Å²) >= 11 is 5.58. The van der Waals surface area contributed by atoms with Crippen molar-refractivity contribution in [2.45, 2.75) is 19.4 Å². The van der Waals surface area contributed by atoms with Crippen LogP contribution in [0.4, 0.5) is 13.2 Å². The summed E-state index contributed by atoms with van der Waals surface area (Å²) in [6, 6.07) is 6.10. The summed E-state index contributed by atoms with van der Waals surface area (Å²) in [6.45, 7) is 1.36. The van der Waals surface area contributed by atoms with Gasteiger partial charge in [0.15, 0.2) is 18.2 Å². The van der Waals surface area contributed by atoms with Crippen LogP contribution in [-0.2, 0) is 11.3 Å². The molecular weight excluding hydrogens is 421 g/mol. The maximum atomic E-state index is 13.3. The van der Waals surface area contributed by atoms with Gasteiger partial charge in [0.25, 0.3) is 5.91 Å². The number of benzene rings is 2. The summed E-state index contributed by atoms with van der Waals surface area (Å²) < 4.78 is 44.9. The molecule has 0 unspecified atom stereocenters. The monoisotopic (exact) mass is 440 g/mol. The van der Waals surface area contributed by atoms with E-state index in [1.54, 1.807) is 0 Å². The van der Waals surface area contributed by atoms with Gasteiger partial charge in [0.05, 0.1) is 22.6 Å². The first-order valence-electron chi connectivity index (χ1n) is 9.31. The van der Waals surface area contributed by atoms with Gasteiger partial charge < -0.3 is 20.4 Å². The van der Waals surface area contributed by atoms with Gasteiger partial charge in [0, 0.05) is 24.7 Å². The lowest BCUT2D eigenvalue weighted by Crippen LogP contribution is -2.30. The topological polar surface area (TPSA) is 79.0 Å². The van der Waals surface area contributed by atoms with E-state index in [1.165, 1.54) is 12.1 Å². The summed E-state index contributed by atoms with van der Waals surface area (Å²) in [7, 11) is 0. The number of hydrogen-bond donors (Lipinski definition) is 3. The Hall–Kier alpha value is -2.78. The molecule has 0 aliphatic heterocycles. The molecule has 2 aromatic carbocycles. The number of hydrogen-bond acceptors (Lipinski definition) is 4. The summed E-state index contributed by atoms with van der Waals surface area (Å²) in [5.74, 6) is -1.95. The number of fused-ring (bicyclic) bond motifs is 1. The standard InChI is InChI=1S/C20H20ClF3N4O2/c21-13-4-3-12(7-14(13)22)30-11-20(29)26-6-2-1-5-25-10-19-27-17-8-15(23)16(24)9-18(17)28-19/h3-4,7-9,25H,1-2,5-6,10-11H2,(H,26,29)(H,27,28). The molecule has 10 heteroatoms. The summed E-state index contributed by atoms with van der Waals surface area (Å²) in [6.07, 6.45) is 1.54. The van der Waals surface area contributed by atoms with Crippen LogP contribution in [-0.4, -0.2) is 35.6 Å². The van der Waals surface area contributed by atoms with Crippen LogP contribution in [0.15, 0.2) is 30.3 Å². The average Bonchev–Trinajstić information content (AvgIpc) is 3.09. The highest BCUT2D eigenvalue weighted by Gasteiger charge is 2.08. The third kappa shape index (κ3) is 6.11. The van der Waals surface area contributed by atoms with Gasteiger partial charge >= 0.3 is 0 Å². The van der Waals surface area contributed by atoms with Gasteiger partial charge in [-0.25, -0.2) is 18.2 Å². The number of carbonyl (C=O) groups excluding carboxylic acids is 1. The van der Waals surface area contributed by atoms with Gasteiger partial charge in [-0.1, -0.05) is 11.6 Å². The number of amides is 1. The Morgan fingerprint density at radius 1 is 1.07 bits per heavy atom. The number of ether oxygens (including phenoxy) is 1. The SMILES string of the molecule is O=C(COc1ccc(Cl)c(F)c1)NCCCCNCc1nc2cc(F)c(F)cc2[nH]1. The van der Waals surface area contributed by atoms with Crippen molar-refractivity contribution < 1.29 is 22.7 Å². The first kappa shape index (κ1) is 21.9. The molecule has 1 heterocycles. The number of carbonyl (C=O) groups is 1. The Bertz CT molecular complexity index is 990. The normalized spacial score (nSPS) is 11.1. The van der Waals surface area contributed by atoms with Crippen LogP contribution in [0.5, 0.6) is 5.75 Å². The Kier molecular flexibility index (Phi) is 7.53. The molecule has 0 aliphatic carbocycles. The van der Waals surface area contributed by atoms with Crippen molar-refractivity contribution in [2.24, 2.45) is 0 Å². The lowest BCUT2D eigenvalue weighted by molar-refractivity contribution is -0.123. The number of aromatic amines is 1. The van der Waals surface area contributed by atoms with Crippen LogP contribution in [0.25, 0.3) is 11.0 Å². The number of nitrogens with zero attached hydrogens (tertiary/aromatic N) is 1. The molecule has 0 fully saturated rings. The van der Waals surface area contributed by atoms with E-state index in [0.717, 1.165) is 31.0 Å². The molecule has 0 saturated heterocycles. The van der Waals surface area contributed by atoms with Gasteiger partial charge in [0.1, 0.15) is 17.4 Å². The first-order valence-corrected chi connectivity index (χ1v) is 9.69. The van der Waals surface area contributed by atoms with Gasteiger partial charge in [-0.05, 0) is 31.5 Å². The molecule has 3 N–H and O–H groups in total. The minimum Gasteiger partial charge on any atom is -0.484 e. The highest BCUT2D eigenvalue weighted by atomic mass is 35.5. The number of imidazole rings is 1. The third-order valence-electron chi connectivity index (χ3n) is 4.23. The molecule has 1 amide bonds. The minimum absolute atomic E-state index is 0.0106. The summed E-state index contributed by atoms with van der Waals surface area (Å²) in [4.78, 5) is 18.9. The molecule has 0 spiro atoms. The van der Waals surface area contributed by atoms with E-state index in [4.69, 9.17) is 16.3 Å². The second kappa shape index (κ2) is 10.3. The second-order valence-corrected chi connectivity index (χ2v) is 6.97. The van der Waals surface area contributed by atoms with Gasteiger partial charge in [-0.3, -0.25) is 4.79 Å². The molecule has 6 nitrogen and oxygen atoms in total. The largest absolute Gasteiger partial charge is 0.484 e. The number of unbranched alkanes of at least 4 members (excludes halogenated alkanes) is 1. The zero-order valence-corrected chi connectivity index (χ0v) is 16.7. The van der Waals surface area contributed by atoms with Crippen molar-refractivity contribution in [1.29, 1.82) is 0 Å². The molecule has 0 bridgehead atoms. The van der Waals surface area contributed by atoms with E-state index in [9.17, 15) is 18.0 Å². The molecule has 1 aromatic heterocycles. The van der Waals surface area contributed by atoms with Crippen molar-refractivity contribution in [1.82, 2.24) is 20.6 Å². The maximum Gasteiger partial charge on any atom is 0.257 e. The molecule has 0 aliphatic rings. The summed E-state index contributed by atoms with van der Waals surface area (Å²) in [5, 5.41) is 5.88. The lowest BCUT2D eigenvalue weighted by Gasteiger charge is -2.08. The van der Waals surface area contributed by atoms with Crippen LogP contribution >= 0.6 is 11.6 Å². The maximum absolute atomic E-state index is 13.3. The number of H-pyrrole nitrogens is 1. The molecule has 0 saturated carbocycles. The number of aromatic nitrogens is 2. The number of nitrogens with one attached hydrogen (secondary N) is 3. The molecule has 30 heavy (non-hydrogen) atoms. The molecule has 0 atom stereocenters. The zero-order chi connectivity index (χ0) is 21.5. The van der Waals surface area contributed by atoms with E-state index in [-0.39, 0.29) is 23.3 Å². The fourth-order valence-electron chi connectivity index (χ4n) is 2.72. The Balaban J connectivity index is 1.27. The van der Waals surface area contributed by atoms with E-state index in [1.807, 2.05) is 0 Å². The van der Waals surface area contributed by atoms with Crippen LogP contribution < -0.4 is 15.4 Å². The van der Waals surface area contributed by atoms with Crippen molar-refractivity contribution in [3.8, 4) is 5.75 Å². The molecular formula is C20H20ClF3N4O2. The quantitative estimate of drug-likeness (QED) is 0.420. The average molecular weight is 441 g/mol. The fraction of sp³-hybridized carbons (Fsp3) is 0.300. The minimum atomic E-state index is -0.929. The van der Waals surface area contributed by atoms with Crippen LogP contribution in [0.2, 0.25) is 5.02 Å². The first-order chi connectivity index (χ1) is 14.4. The predicted octanol–water partition coefficient (Wildman–Crippen LogP) is 3.70. The van der Waals surface area contributed by atoms with Gasteiger partial charge in [0.2, 0.25) is 0 Å². The summed E-state index contributed by atoms with van der Waals surface area (Å²) in [5.41, 5.74) is 0.814. The molecule has 3 aromatic rings. The number of halogens is 4. The number of rotatable bonds is 10. The Morgan fingerprint density at radius 3 is 2.63 bits per heavy atom. The van der Waals surface area contributed by atoms with Gasteiger partial charge in [-0.15, -0.1) is 0 Å². The van der Waals surface area contributed by atoms with Crippen LogP contribution in [0.1, 0.15) is 18.7 Å². The van der Waals surface area contributed by atoms with E-state index < -0.39 is 17.5 Å². The van der Waals surface area contributed by atoms with E-state index >= 15 is 0 Å². The Labute approximate surface area is 175 Å². The smallest absolute Gasteiger partial charge is 0.257 e. The van der Waals surface area contributed by atoms with Crippen molar-refractivity contribution in [2.75, 3.05) is 19.7 Å². The molecule has 3 rings (SSSR count). The van der Waals surface area contributed by atoms with Gasteiger partial charge in [-0.2, -0.15) is 0 Å². The molecule has 0 radical (unpaired) electrons. The van der Waals surface area contributed by atoms with E-state index in [2.05, 4.69) is 20.6 Å². The van der Waals surface area contributed by atoms with Crippen molar-refractivity contribution in [3.63, 3.8) is 0 Å². The van der Waals surface area contributed by atoms with E-state index in [0.29, 0.717) is 36.5 Å². The van der Waals surface area contributed by atoms with Crippen molar-refractivity contribution >= 4 is 28.5 Å². The van der Waals surface area contributed by atoms with Crippen LogP contribution in [0, 0.1) is 17.5 Å². The highest BCUT2D eigenvalue weighted by molar-refractivity contribution is 6.30. The second-order valence-electron chi connectivity index (χ2n) is 6.57. The van der Waals surface area contributed by atoms with Crippen molar-refractivity contribution in [3.05, 3.63) is 58.6 Å². The fourth-order valence-corrected chi connectivity index (χ4v) is 2.84. The third-order valence-corrected chi connectivity index (χ3v) is 4.54. The zero-order valence-electron chi connectivity index (χ0n) is 15.9. The lowest BCUT2D eigenvalue weighted by atomic mass is 10.3. The van der Waals surface area contributed by atoms with Crippen LogP contribution in [0.3, 0.4) is 0 Å². The Morgan fingerprint density at radius 2 is 1.83 bits per heavy atom. The molecule has 160 valence electrons. The highest BCUT2D eigenvalue weighted by Crippen LogP contribution is 2.20.